The Bertz CT molecular complexity index is 858. The molecule has 0 radical (unpaired) electrons. The van der Waals surface area contributed by atoms with Crippen molar-refractivity contribution in [1.82, 2.24) is 5.32 Å². The first-order valence-corrected chi connectivity index (χ1v) is 10.5. The van der Waals surface area contributed by atoms with Gasteiger partial charge in [-0.05, 0) is 91.3 Å². The molecule has 0 atom stereocenters. The van der Waals surface area contributed by atoms with Crippen LogP contribution in [0.3, 0.4) is 0 Å². The molecule has 0 aromatic heterocycles. The molecule has 0 aliphatic carbocycles. The molecule has 5 nitrogen and oxygen atoms in total. The summed E-state index contributed by atoms with van der Waals surface area (Å²) < 4.78 is 6.10. The quantitative estimate of drug-likeness (QED) is 0.331. The van der Waals surface area contributed by atoms with Crippen molar-refractivity contribution in [1.29, 1.82) is 0 Å². The highest BCUT2D eigenvalue weighted by atomic mass is 127. The van der Waals surface area contributed by atoms with E-state index in [1.807, 2.05) is 30.9 Å². The Kier molecular flexibility index (Phi) is 8.65. The van der Waals surface area contributed by atoms with Crippen molar-refractivity contribution in [3.05, 3.63) is 56.7 Å². The molecule has 7 heteroatoms. The third-order valence-corrected chi connectivity index (χ3v) is 5.48. The van der Waals surface area contributed by atoms with Crippen LogP contribution in [-0.2, 0) is 0 Å². The number of rotatable bonds is 7. The van der Waals surface area contributed by atoms with E-state index in [4.69, 9.17) is 22.1 Å². The van der Waals surface area contributed by atoms with Crippen LogP contribution in [0.4, 0.5) is 5.69 Å². The van der Waals surface area contributed by atoms with Crippen LogP contribution < -0.4 is 15.0 Å². The second kappa shape index (κ2) is 10.7. The zero-order valence-electron chi connectivity index (χ0n) is 16.3. The van der Waals surface area contributed by atoms with E-state index in [9.17, 15) is 4.79 Å². The van der Waals surface area contributed by atoms with E-state index in [1.54, 1.807) is 25.3 Å². The smallest absolute Gasteiger partial charge is 0.257 e. The molecule has 0 spiro atoms. The molecule has 0 aliphatic rings. The molecule has 0 unspecified atom stereocenters. The number of carbonyl (C=O) groups excluding carboxylic acids is 1. The summed E-state index contributed by atoms with van der Waals surface area (Å²) in [5.41, 5.74) is 3.72. The zero-order chi connectivity index (χ0) is 20.7. The number of benzene rings is 2. The molecule has 2 aromatic carbocycles. The van der Waals surface area contributed by atoms with E-state index >= 15 is 0 Å². The average Bonchev–Trinajstić information content (AvgIpc) is 2.66. The van der Waals surface area contributed by atoms with Gasteiger partial charge in [0, 0.05) is 24.4 Å². The predicted octanol–water partition coefficient (Wildman–Crippen LogP) is 4.21. The van der Waals surface area contributed by atoms with E-state index in [2.05, 4.69) is 34.0 Å². The Hall–Kier alpha value is -1.71. The second-order valence-corrected chi connectivity index (χ2v) is 8.03. The van der Waals surface area contributed by atoms with E-state index in [0.29, 0.717) is 23.6 Å². The summed E-state index contributed by atoms with van der Waals surface area (Å²) in [5, 5.41) is 12.3. The third kappa shape index (κ3) is 5.89. The minimum absolute atomic E-state index is 0.129. The number of aliphatic hydroxyl groups is 1. The molecule has 0 saturated carbocycles. The highest BCUT2D eigenvalue weighted by molar-refractivity contribution is 14.1. The number of nitrogens with zero attached hydrogens (tertiary/aromatic N) is 1. The van der Waals surface area contributed by atoms with Crippen LogP contribution in [0.25, 0.3) is 0 Å². The molecule has 150 valence electrons. The molecule has 2 rings (SSSR count). The summed E-state index contributed by atoms with van der Waals surface area (Å²) in [4.78, 5) is 14.6. The first-order chi connectivity index (χ1) is 13.4. The largest absolute Gasteiger partial charge is 0.496 e. The molecule has 0 fully saturated rings. The maximum absolute atomic E-state index is 12.7. The molecule has 2 aromatic rings. The van der Waals surface area contributed by atoms with Crippen LogP contribution in [0.1, 0.15) is 34.3 Å². The van der Waals surface area contributed by atoms with Gasteiger partial charge in [-0.1, -0.05) is 17.7 Å². The molecule has 0 bridgehead atoms. The van der Waals surface area contributed by atoms with Crippen LogP contribution >= 0.6 is 34.8 Å². The third-order valence-electron chi connectivity index (χ3n) is 4.31. The van der Waals surface area contributed by atoms with Gasteiger partial charge in [0.05, 0.1) is 10.7 Å². The zero-order valence-corrected chi connectivity index (χ0v) is 19.3. The molecule has 1 amide bonds. The fourth-order valence-corrected chi connectivity index (χ4v) is 3.88. The lowest BCUT2D eigenvalue weighted by molar-refractivity contribution is 0.0977. The SMILES string of the molecule is COc1ccc(C(=O)NC(=S)N(CCCCO)c2ccc(C)cc2C)cc1I. The molecule has 28 heavy (non-hydrogen) atoms. The Morgan fingerprint density at radius 1 is 1.21 bits per heavy atom. The first kappa shape index (κ1) is 22.6. The number of ether oxygens (including phenoxy) is 1. The van der Waals surface area contributed by atoms with Gasteiger partial charge in [-0.25, -0.2) is 0 Å². The topological polar surface area (TPSA) is 61.8 Å². The molecule has 0 saturated heterocycles. The van der Waals surface area contributed by atoms with Crippen molar-refractivity contribution in [3.63, 3.8) is 0 Å². The van der Waals surface area contributed by atoms with Gasteiger partial charge < -0.3 is 14.7 Å². The number of thiocarbonyl (C=S) groups is 1. The number of anilines is 1. The maximum Gasteiger partial charge on any atom is 0.257 e. The van der Waals surface area contributed by atoms with Crippen molar-refractivity contribution in [2.75, 3.05) is 25.2 Å². The number of unbranched alkanes of at least 4 members (excludes halogenated alkanes) is 1. The minimum atomic E-state index is -0.262. The number of aliphatic hydroxyl groups excluding tert-OH is 1. The second-order valence-electron chi connectivity index (χ2n) is 6.48. The summed E-state index contributed by atoms with van der Waals surface area (Å²) >= 11 is 7.70. The van der Waals surface area contributed by atoms with Crippen LogP contribution in [0.2, 0.25) is 0 Å². The van der Waals surface area contributed by atoms with E-state index in [-0.39, 0.29) is 12.5 Å². The molecule has 0 aliphatic heterocycles. The van der Waals surface area contributed by atoms with Crippen LogP contribution in [0, 0.1) is 17.4 Å². The summed E-state index contributed by atoms with van der Waals surface area (Å²) in [6, 6.07) is 11.4. The number of aryl methyl sites for hydroxylation is 2. The fourth-order valence-electron chi connectivity index (χ4n) is 2.87. The van der Waals surface area contributed by atoms with Crippen molar-refractivity contribution in [3.8, 4) is 5.75 Å². The Morgan fingerprint density at radius 2 is 1.96 bits per heavy atom. The number of carbonyl (C=O) groups is 1. The Morgan fingerprint density at radius 3 is 2.57 bits per heavy atom. The summed E-state index contributed by atoms with van der Waals surface area (Å²) in [6.45, 7) is 4.81. The van der Waals surface area contributed by atoms with E-state index in [0.717, 1.165) is 27.0 Å². The Labute approximate surface area is 185 Å². The minimum Gasteiger partial charge on any atom is -0.496 e. The number of halogens is 1. The average molecular weight is 512 g/mol. The van der Waals surface area contributed by atoms with Crippen molar-refractivity contribution in [2.45, 2.75) is 26.7 Å². The van der Waals surface area contributed by atoms with E-state index in [1.165, 1.54) is 5.56 Å². The van der Waals surface area contributed by atoms with Crippen molar-refractivity contribution in [2.24, 2.45) is 0 Å². The lowest BCUT2D eigenvalue weighted by Crippen LogP contribution is -2.43. The van der Waals surface area contributed by atoms with Gasteiger partial charge >= 0.3 is 0 Å². The number of nitrogens with one attached hydrogen (secondary N) is 1. The van der Waals surface area contributed by atoms with Crippen molar-refractivity contribution >= 4 is 51.5 Å². The van der Waals surface area contributed by atoms with Crippen molar-refractivity contribution < 1.29 is 14.6 Å². The first-order valence-electron chi connectivity index (χ1n) is 9.02. The molecule has 0 heterocycles. The van der Waals surface area contributed by atoms with Gasteiger partial charge in [0.15, 0.2) is 5.11 Å². The molecular weight excluding hydrogens is 487 g/mol. The lowest BCUT2D eigenvalue weighted by atomic mass is 10.1. The summed E-state index contributed by atoms with van der Waals surface area (Å²) in [7, 11) is 1.60. The van der Waals surface area contributed by atoms with E-state index < -0.39 is 0 Å². The highest BCUT2D eigenvalue weighted by Gasteiger charge is 2.18. The van der Waals surface area contributed by atoms with Gasteiger partial charge in [0.25, 0.3) is 5.91 Å². The molecular formula is C21H25IN2O3S. The normalized spacial score (nSPS) is 10.5. The number of methoxy groups -OCH3 is 1. The predicted molar refractivity (Wildman–Crippen MR) is 125 cm³/mol. The fraction of sp³-hybridized carbons (Fsp3) is 0.333. The van der Waals surface area contributed by atoms with Gasteiger partial charge in [-0.15, -0.1) is 0 Å². The van der Waals surface area contributed by atoms with Crippen LogP contribution in [0.15, 0.2) is 36.4 Å². The standard InChI is InChI=1S/C21H25IN2O3S/c1-14-6-8-18(15(2)12-14)24(10-4-5-11-25)21(28)23-20(26)16-7-9-19(27-3)17(22)13-16/h6-9,12-13,25H,4-5,10-11H2,1-3H3,(H,23,26,28). The maximum atomic E-state index is 12.7. The summed E-state index contributed by atoms with van der Waals surface area (Å²) in [5.74, 6) is 0.461. The van der Waals surface area contributed by atoms with Gasteiger partial charge in [-0.2, -0.15) is 0 Å². The van der Waals surface area contributed by atoms with Gasteiger partial charge in [0.2, 0.25) is 0 Å². The molecule has 2 N–H and O–H groups in total. The van der Waals surface area contributed by atoms with Gasteiger partial charge in [-0.3, -0.25) is 10.1 Å². The highest BCUT2D eigenvalue weighted by Crippen LogP contribution is 2.23. The Balaban J connectivity index is 2.21. The number of hydrogen-bond donors (Lipinski definition) is 2. The lowest BCUT2D eigenvalue weighted by Gasteiger charge is -2.27. The van der Waals surface area contributed by atoms with Crippen LogP contribution in [0.5, 0.6) is 5.75 Å². The number of amides is 1. The van der Waals surface area contributed by atoms with Gasteiger partial charge in [0.1, 0.15) is 5.75 Å². The number of hydrogen-bond acceptors (Lipinski definition) is 4. The summed E-state index contributed by atoms with van der Waals surface area (Å²) in [6.07, 6.45) is 1.44. The van der Waals surface area contributed by atoms with Crippen LogP contribution in [-0.4, -0.2) is 36.4 Å². The monoisotopic (exact) mass is 512 g/mol.